The minimum Gasteiger partial charge on any atom is -0.352 e. The fraction of sp³-hybridized carbons (Fsp3) is 0.909. The summed E-state index contributed by atoms with van der Waals surface area (Å²) in [5.74, 6) is 0.602. The predicted molar refractivity (Wildman–Crippen MR) is 57.8 cm³/mol. The second-order valence-corrected chi connectivity index (χ2v) is 4.76. The first-order valence-electron chi connectivity index (χ1n) is 5.57. The van der Waals surface area contributed by atoms with Crippen molar-refractivity contribution in [2.24, 2.45) is 11.7 Å². The molecule has 3 N–H and O–H groups in total. The standard InChI is InChI=1S/C11H22N2O/c1-4-11(3,12)10(14)13-9-7-5-6-8(9)2/h8-9H,4-7,12H2,1-3H3,(H,13,14). The van der Waals surface area contributed by atoms with E-state index in [9.17, 15) is 4.79 Å². The molecule has 3 unspecified atom stereocenters. The number of hydrogen-bond donors (Lipinski definition) is 2. The Morgan fingerprint density at radius 3 is 2.64 bits per heavy atom. The van der Waals surface area contributed by atoms with Gasteiger partial charge in [-0.05, 0) is 32.1 Å². The maximum absolute atomic E-state index is 11.8. The molecule has 0 bridgehead atoms. The molecule has 0 aromatic rings. The molecule has 1 aliphatic rings. The van der Waals surface area contributed by atoms with E-state index in [0.29, 0.717) is 18.4 Å². The molecule has 0 radical (unpaired) electrons. The number of nitrogens with two attached hydrogens (primary N) is 1. The summed E-state index contributed by atoms with van der Waals surface area (Å²) in [6.07, 6.45) is 4.23. The molecule has 0 aliphatic heterocycles. The molecule has 3 heteroatoms. The third kappa shape index (κ3) is 2.47. The van der Waals surface area contributed by atoms with Gasteiger partial charge in [0.05, 0.1) is 5.54 Å². The van der Waals surface area contributed by atoms with E-state index < -0.39 is 5.54 Å². The van der Waals surface area contributed by atoms with E-state index in [0.717, 1.165) is 6.42 Å². The van der Waals surface area contributed by atoms with Gasteiger partial charge in [-0.2, -0.15) is 0 Å². The van der Waals surface area contributed by atoms with Crippen molar-refractivity contribution < 1.29 is 4.79 Å². The van der Waals surface area contributed by atoms with Crippen molar-refractivity contribution in [2.75, 3.05) is 0 Å². The Balaban J connectivity index is 2.48. The third-order valence-electron chi connectivity index (χ3n) is 3.43. The van der Waals surface area contributed by atoms with Crippen molar-refractivity contribution in [1.29, 1.82) is 0 Å². The lowest BCUT2D eigenvalue weighted by atomic mass is 9.97. The van der Waals surface area contributed by atoms with Gasteiger partial charge in [-0.15, -0.1) is 0 Å². The Bertz CT molecular complexity index is 213. The predicted octanol–water partition coefficient (Wildman–Crippen LogP) is 1.42. The van der Waals surface area contributed by atoms with Crippen LogP contribution in [-0.4, -0.2) is 17.5 Å². The van der Waals surface area contributed by atoms with Crippen LogP contribution in [0.1, 0.15) is 46.5 Å². The summed E-state index contributed by atoms with van der Waals surface area (Å²) in [5, 5.41) is 3.06. The largest absolute Gasteiger partial charge is 0.352 e. The summed E-state index contributed by atoms with van der Waals surface area (Å²) >= 11 is 0. The molecule has 0 saturated heterocycles. The second-order valence-electron chi connectivity index (χ2n) is 4.76. The molecule has 1 fully saturated rings. The molecule has 82 valence electrons. The summed E-state index contributed by atoms with van der Waals surface area (Å²) in [7, 11) is 0. The van der Waals surface area contributed by atoms with Gasteiger partial charge in [0.15, 0.2) is 0 Å². The van der Waals surface area contributed by atoms with E-state index in [4.69, 9.17) is 5.73 Å². The zero-order valence-corrected chi connectivity index (χ0v) is 9.47. The molecule has 14 heavy (non-hydrogen) atoms. The molecule has 0 spiro atoms. The van der Waals surface area contributed by atoms with Crippen LogP contribution in [0.25, 0.3) is 0 Å². The smallest absolute Gasteiger partial charge is 0.240 e. The van der Waals surface area contributed by atoms with Crippen molar-refractivity contribution in [3.63, 3.8) is 0 Å². The molecular weight excluding hydrogens is 176 g/mol. The minimum atomic E-state index is -0.706. The maximum atomic E-state index is 11.8. The molecule has 1 amide bonds. The first-order chi connectivity index (χ1) is 6.47. The van der Waals surface area contributed by atoms with E-state index in [1.807, 2.05) is 6.92 Å². The van der Waals surface area contributed by atoms with E-state index >= 15 is 0 Å². The molecule has 0 heterocycles. The lowest BCUT2D eigenvalue weighted by molar-refractivity contribution is -0.126. The molecule has 3 atom stereocenters. The topological polar surface area (TPSA) is 55.1 Å². The normalized spacial score (nSPS) is 31.1. The number of carbonyl (C=O) groups excluding carboxylic acids is 1. The summed E-state index contributed by atoms with van der Waals surface area (Å²) in [6, 6.07) is 0.344. The fourth-order valence-corrected chi connectivity index (χ4v) is 1.85. The van der Waals surface area contributed by atoms with Crippen LogP contribution in [-0.2, 0) is 4.79 Å². The number of carbonyl (C=O) groups is 1. The van der Waals surface area contributed by atoms with Crippen molar-refractivity contribution in [2.45, 2.75) is 58.0 Å². The van der Waals surface area contributed by atoms with Crippen LogP contribution < -0.4 is 11.1 Å². The van der Waals surface area contributed by atoms with Crippen LogP contribution in [0.4, 0.5) is 0 Å². The first-order valence-corrected chi connectivity index (χ1v) is 5.57. The molecule has 1 aliphatic carbocycles. The van der Waals surface area contributed by atoms with Crippen LogP contribution in [0.15, 0.2) is 0 Å². The van der Waals surface area contributed by atoms with Gasteiger partial charge in [-0.3, -0.25) is 4.79 Å². The van der Waals surface area contributed by atoms with Gasteiger partial charge in [-0.1, -0.05) is 20.3 Å². The van der Waals surface area contributed by atoms with E-state index in [1.54, 1.807) is 6.92 Å². The number of nitrogens with one attached hydrogen (secondary N) is 1. The highest BCUT2D eigenvalue weighted by atomic mass is 16.2. The average Bonchev–Trinajstić information content (AvgIpc) is 2.52. The van der Waals surface area contributed by atoms with Crippen molar-refractivity contribution >= 4 is 5.91 Å². The van der Waals surface area contributed by atoms with Crippen LogP contribution >= 0.6 is 0 Å². The molecule has 0 aromatic carbocycles. The van der Waals surface area contributed by atoms with Gasteiger partial charge in [0.2, 0.25) is 5.91 Å². The molecular formula is C11H22N2O. The van der Waals surface area contributed by atoms with Gasteiger partial charge in [0.25, 0.3) is 0 Å². The molecule has 1 rings (SSSR count). The van der Waals surface area contributed by atoms with Crippen LogP contribution in [0, 0.1) is 5.92 Å². The number of hydrogen-bond acceptors (Lipinski definition) is 2. The van der Waals surface area contributed by atoms with Crippen molar-refractivity contribution in [3.8, 4) is 0 Å². The zero-order valence-electron chi connectivity index (χ0n) is 9.47. The van der Waals surface area contributed by atoms with E-state index in [2.05, 4.69) is 12.2 Å². The van der Waals surface area contributed by atoms with Crippen LogP contribution in [0.2, 0.25) is 0 Å². The highest BCUT2D eigenvalue weighted by molar-refractivity contribution is 5.85. The van der Waals surface area contributed by atoms with Gasteiger partial charge in [0.1, 0.15) is 0 Å². The van der Waals surface area contributed by atoms with Crippen molar-refractivity contribution in [1.82, 2.24) is 5.32 Å². The summed E-state index contributed by atoms with van der Waals surface area (Å²) in [6.45, 7) is 5.93. The lowest BCUT2D eigenvalue weighted by Gasteiger charge is -2.26. The van der Waals surface area contributed by atoms with Gasteiger partial charge in [0, 0.05) is 6.04 Å². The molecule has 3 nitrogen and oxygen atoms in total. The van der Waals surface area contributed by atoms with Crippen LogP contribution in [0.3, 0.4) is 0 Å². The average molecular weight is 198 g/mol. The third-order valence-corrected chi connectivity index (χ3v) is 3.43. The van der Waals surface area contributed by atoms with Gasteiger partial charge >= 0.3 is 0 Å². The Morgan fingerprint density at radius 2 is 2.21 bits per heavy atom. The number of rotatable bonds is 3. The Labute approximate surface area is 86.4 Å². The lowest BCUT2D eigenvalue weighted by Crippen LogP contribution is -2.54. The maximum Gasteiger partial charge on any atom is 0.240 e. The Kier molecular flexibility index (Phi) is 3.53. The Hall–Kier alpha value is -0.570. The first kappa shape index (κ1) is 11.5. The van der Waals surface area contributed by atoms with Crippen molar-refractivity contribution in [3.05, 3.63) is 0 Å². The molecule has 0 aromatic heterocycles. The second kappa shape index (κ2) is 4.30. The quantitative estimate of drug-likeness (QED) is 0.720. The zero-order chi connectivity index (χ0) is 10.8. The summed E-state index contributed by atoms with van der Waals surface area (Å²) in [5.41, 5.74) is 5.17. The van der Waals surface area contributed by atoms with Gasteiger partial charge in [-0.25, -0.2) is 0 Å². The minimum absolute atomic E-state index is 0.00116. The van der Waals surface area contributed by atoms with E-state index in [-0.39, 0.29) is 5.91 Å². The van der Waals surface area contributed by atoms with Gasteiger partial charge < -0.3 is 11.1 Å². The highest BCUT2D eigenvalue weighted by Gasteiger charge is 2.31. The monoisotopic (exact) mass is 198 g/mol. The van der Waals surface area contributed by atoms with Crippen LogP contribution in [0.5, 0.6) is 0 Å². The Morgan fingerprint density at radius 1 is 1.57 bits per heavy atom. The van der Waals surface area contributed by atoms with E-state index in [1.165, 1.54) is 12.8 Å². The summed E-state index contributed by atoms with van der Waals surface area (Å²) < 4.78 is 0. The fourth-order valence-electron chi connectivity index (χ4n) is 1.85. The molecule has 1 saturated carbocycles. The summed E-state index contributed by atoms with van der Waals surface area (Å²) in [4.78, 5) is 11.8. The SMILES string of the molecule is CCC(C)(N)C(=O)NC1CCCC1C. The highest BCUT2D eigenvalue weighted by Crippen LogP contribution is 2.25. The number of amides is 1.